The third-order valence-corrected chi connectivity index (χ3v) is 3.30. The maximum Gasteiger partial charge on any atom is 0.295 e. The summed E-state index contributed by atoms with van der Waals surface area (Å²) in [6, 6.07) is 0. The third-order valence-electron chi connectivity index (χ3n) is 3.30. The van der Waals surface area contributed by atoms with Crippen LogP contribution in [0.3, 0.4) is 0 Å². The molecule has 1 aliphatic heterocycles. The lowest BCUT2D eigenvalue weighted by Gasteiger charge is -2.31. The Morgan fingerprint density at radius 2 is 2.22 bits per heavy atom. The van der Waals surface area contributed by atoms with Crippen molar-refractivity contribution in [2.24, 2.45) is 5.92 Å². The number of piperidine rings is 1. The van der Waals surface area contributed by atoms with Gasteiger partial charge in [0.25, 0.3) is 11.7 Å². The summed E-state index contributed by atoms with van der Waals surface area (Å²) >= 11 is 0. The molecule has 1 aromatic heterocycles. The topological polar surface area (TPSA) is 71.3 Å². The lowest BCUT2D eigenvalue weighted by Crippen LogP contribution is -2.41. The van der Waals surface area contributed by atoms with Crippen LogP contribution in [0.4, 0.5) is 0 Å². The summed E-state index contributed by atoms with van der Waals surface area (Å²) in [6.07, 6.45) is 2.07. The van der Waals surface area contributed by atoms with Gasteiger partial charge in [0, 0.05) is 20.0 Å². The summed E-state index contributed by atoms with van der Waals surface area (Å²) in [4.78, 5) is 17.8. The quantitative estimate of drug-likeness (QED) is 0.859. The summed E-state index contributed by atoms with van der Waals surface area (Å²) in [5, 5.41) is 7.02. The Hall–Kier alpha value is -1.43. The van der Waals surface area contributed by atoms with Crippen LogP contribution in [0.25, 0.3) is 0 Å². The zero-order valence-corrected chi connectivity index (χ0v) is 11.0. The van der Waals surface area contributed by atoms with Crippen LogP contribution in [-0.4, -0.2) is 47.1 Å². The molecule has 1 fully saturated rings. The van der Waals surface area contributed by atoms with Gasteiger partial charge in [-0.1, -0.05) is 12.1 Å². The van der Waals surface area contributed by atoms with E-state index >= 15 is 0 Å². The molecular weight excluding hydrogens is 232 g/mol. The van der Waals surface area contributed by atoms with Crippen molar-refractivity contribution < 1.29 is 9.32 Å². The zero-order chi connectivity index (χ0) is 13.0. The second-order valence-corrected chi connectivity index (χ2v) is 4.68. The largest absolute Gasteiger partial charge is 0.339 e. The Kier molecular flexibility index (Phi) is 4.30. The number of hydrogen-bond acceptors (Lipinski definition) is 5. The van der Waals surface area contributed by atoms with E-state index < -0.39 is 0 Å². The molecule has 0 aromatic carbocycles. The van der Waals surface area contributed by atoms with Gasteiger partial charge in [-0.3, -0.25) is 4.79 Å². The fraction of sp³-hybridized carbons (Fsp3) is 0.750. The molecule has 6 heteroatoms. The molecule has 1 aromatic rings. The Labute approximate surface area is 107 Å². The molecular formula is C12H20N4O2. The average molecular weight is 252 g/mol. The van der Waals surface area contributed by atoms with Crippen LogP contribution in [0.2, 0.25) is 0 Å². The van der Waals surface area contributed by atoms with Crippen LogP contribution < -0.4 is 5.32 Å². The number of aromatic nitrogens is 2. The minimum atomic E-state index is -0.117. The smallest absolute Gasteiger partial charge is 0.295 e. The molecule has 6 nitrogen and oxygen atoms in total. The highest BCUT2D eigenvalue weighted by molar-refractivity contribution is 5.90. The molecule has 100 valence electrons. The molecule has 1 saturated heterocycles. The van der Waals surface area contributed by atoms with Crippen LogP contribution in [0, 0.1) is 12.8 Å². The molecule has 0 spiro atoms. The second kappa shape index (κ2) is 5.95. The summed E-state index contributed by atoms with van der Waals surface area (Å²) in [5.41, 5.74) is 0. The van der Waals surface area contributed by atoms with Crippen LogP contribution >= 0.6 is 0 Å². The van der Waals surface area contributed by atoms with Gasteiger partial charge < -0.3 is 14.7 Å². The number of likely N-dealkylation sites (tertiary alicyclic amines) is 1. The molecule has 0 bridgehead atoms. The van der Waals surface area contributed by atoms with Gasteiger partial charge in [0.15, 0.2) is 0 Å². The Balaban J connectivity index is 1.84. The van der Waals surface area contributed by atoms with Crippen molar-refractivity contribution in [1.29, 1.82) is 0 Å². The summed E-state index contributed by atoms with van der Waals surface area (Å²) < 4.78 is 4.83. The molecule has 1 N–H and O–H groups in total. The molecule has 0 aliphatic carbocycles. The first-order valence-electron chi connectivity index (χ1n) is 6.51. The van der Waals surface area contributed by atoms with Gasteiger partial charge in [-0.15, -0.1) is 0 Å². The number of aryl methyl sites for hydroxylation is 1. The molecule has 0 saturated carbocycles. The van der Waals surface area contributed by atoms with Crippen molar-refractivity contribution in [3.63, 3.8) is 0 Å². The predicted octanol–water partition coefficient (Wildman–Crippen LogP) is 0.840. The molecule has 0 atom stereocenters. The molecule has 2 rings (SSSR count). The van der Waals surface area contributed by atoms with Crippen LogP contribution in [0.1, 0.15) is 36.3 Å². The SMILES string of the molecule is CCNCC1CCN(C(=O)c2noc(C)n2)CC1. The molecule has 0 radical (unpaired) electrons. The maximum absolute atomic E-state index is 12.1. The van der Waals surface area contributed by atoms with Crippen molar-refractivity contribution in [3.8, 4) is 0 Å². The molecule has 0 unspecified atom stereocenters. The van der Waals surface area contributed by atoms with Gasteiger partial charge in [0.2, 0.25) is 5.89 Å². The van der Waals surface area contributed by atoms with Gasteiger partial charge in [-0.05, 0) is 31.8 Å². The van der Waals surface area contributed by atoms with Crippen molar-refractivity contribution >= 4 is 5.91 Å². The lowest BCUT2D eigenvalue weighted by atomic mass is 9.97. The summed E-state index contributed by atoms with van der Waals surface area (Å²) in [5.74, 6) is 1.16. The molecule has 18 heavy (non-hydrogen) atoms. The van der Waals surface area contributed by atoms with Gasteiger partial charge in [-0.25, -0.2) is 0 Å². The first-order chi connectivity index (χ1) is 8.70. The van der Waals surface area contributed by atoms with E-state index in [0.717, 1.165) is 39.0 Å². The number of amides is 1. The molecule has 2 heterocycles. The first kappa shape index (κ1) is 13.0. The van der Waals surface area contributed by atoms with Crippen LogP contribution in [0.5, 0.6) is 0 Å². The highest BCUT2D eigenvalue weighted by atomic mass is 16.5. The number of carbonyl (C=O) groups is 1. The minimum Gasteiger partial charge on any atom is -0.339 e. The number of rotatable bonds is 4. The van der Waals surface area contributed by atoms with Crippen molar-refractivity contribution in [2.75, 3.05) is 26.2 Å². The Morgan fingerprint density at radius 1 is 1.50 bits per heavy atom. The van der Waals surface area contributed by atoms with E-state index in [9.17, 15) is 4.79 Å². The third kappa shape index (κ3) is 3.07. The van der Waals surface area contributed by atoms with E-state index in [0.29, 0.717) is 11.8 Å². The monoisotopic (exact) mass is 252 g/mol. The fourth-order valence-corrected chi connectivity index (χ4v) is 2.22. The molecule has 1 amide bonds. The Bertz CT molecular complexity index is 397. The van der Waals surface area contributed by atoms with E-state index in [1.807, 2.05) is 4.90 Å². The zero-order valence-electron chi connectivity index (χ0n) is 11.0. The predicted molar refractivity (Wildman–Crippen MR) is 66.2 cm³/mol. The van der Waals surface area contributed by atoms with Gasteiger partial charge in [0.1, 0.15) is 0 Å². The fourth-order valence-electron chi connectivity index (χ4n) is 2.22. The number of carbonyl (C=O) groups excluding carboxylic acids is 1. The van der Waals surface area contributed by atoms with Crippen molar-refractivity contribution in [1.82, 2.24) is 20.4 Å². The minimum absolute atomic E-state index is 0.117. The number of nitrogens with zero attached hydrogens (tertiary/aromatic N) is 3. The Morgan fingerprint density at radius 3 is 2.78 bits per heavy atom. The number of nitrogens with one attached hydrogen (secondary N) is 1. The van der Waals surface area contributed by atoms with E-state index in [1.165, 1.54) is 0 Å². The second-order valence-electron chi connectivity index (χ2n) is 4.68. The van der Waals surface area contributed by atoms with Gasteiger partial charge in [0.05, 0.1) is 0 Å². The first-order valence-corrected chi connectivity index (χ1v) is 6.51. The van der Waals surface area contributed by atoms with Gasteiger partial charge >= 0.3 is 0 Å². The van der Waals surface area contributed by atoms with Crippen molar-refractivity contribution in [2.45, 2.75) is 26.7 Å². The summed E-state index contributed by atoms with van der Waals surface area (Å²) in [7, 11) is 0. The van der Waals surface area contributed by atoms with E-state index in [1.54, 1.807) is 6.92 Å². The number of hydrogen-bond donors (Lipinski definition) is 1. The normalized spacial score (nSPS) is 17.1. The average Bonchev–Trinajstić information content (AvgIpc) is 2.83. The molecule has 1 aliphatic rings. The van der Waals surface area contributed by atoms with E-state index in [4.69, 9.17) is 4.52 Å². The van der Waals surface area contributed by atoms with Crippen LogP contribution in [0.15, 0.2) is 4.52 Å². The maximum atomic E-state index is 12.1. The van der Waals surface area contributed by atoms with Crippen molar-refractivity contribution in [3.05, 3.63) is 11.7 Å². The standard InChI is InChI=1S/C12H20N4O2/c1-3-13-8-10-4-6-16(7-5-10)12(17)11-14-9(2)18-15-11/h10,13H,3-8H2,1-2H3. The lowest BCUT2D eigenvalue weighted by molar-refractivity contribution is 0.0674. The van der Waals surface area contributed by atoms with E-state index in [-0.39, 0.29) is 11.7 Å². The highest BCUT2D eigenvalue weighted by Crippen LogP contribution is 2.17. The highest BCUT2D eigenvalue weighted by Gasteiger charge is 2.25. The summed E-state index contributed by atoms with van der Waals surface area (Å²) in [6.45, 7) is 7.40. The van der Waals surface area contributed by atoms with Crippen LogP contribution in [-0.2, 0) is 0 Å². The van der Waals surface area contributed by atoms with E-state index in [2.05, 4.69) is 22.4 Å². The van der Waals surface area contributed by atoms with Gasteiger partial charge in [-0.2, -0.15) is 4.98 Å².